The average molecular weight is 412 g/mol. The van der Waals surface area contributed by atoms with E-state index >= 15 is 0 Å². The molecule has 0 fully saturated rings. The summed E-state index contributed by atoms with van der Waals surface area (Å²) < 4.78 is 52.8. The molecule has 4 aromatic rings. The van der Waals surface area contributed by atoms with Crippen LogP contribution in [-0.4, -0.2) is 30.0 Å². The van der Waals surface area contributed by atoms with E-state index in [0.29, 0.717) is 29.0 Å². The highest BCUT2D eigenvalue weighted by atomic mass is 32.2. The van der Waals surface area contributed by atoms with Crippen molar-refractivity contribution in [3.8, 4) is 17.0 Å². The number of primary sulfonamides is 1. The van der Waals surface area contributed by atoms with Crippen LogP contribution in [0.25, 0.3) is 22.2 Å². The first-order chi connectivity index (χ1) is 15.0. The van der Waals surface area contributed by atoms with E-state index in [4.69, 9.17) is 14.0 Å². The molecule has 0 aliphatic heterocycles. The number of hydrogen-bond donors (Lipinski definition) is 1. The predicted molar refractivity (Wildman–Crippen MR) is 111 cm³/mol. The van der Waals surface area contributed by atoms with E-state index in [1.807, 2.05) is 41.8 Å². The van der Waals surface area contributed by atoms with Gasteiger partial charge < -0.3 is 9.30 Å². The first-order valence-electron chi connectivity index (χ1n) is 10.2. The molecule has 2 heterocycles. The second-order valence-electron chi connectivity index (χ2n) is 6.57. The van der Waals surface area contributed by atoms with Crippen LogP contribution in [0.15, 0.2) is 65.7 Å². The van der Waals surface area contributed by atoms with Gasteiger partial charge in [0.25, 0.3) is 0 Å². The summed E-state index contributed by atoms with van der Waals surface area (Å²) in [6.45, 7) is 2.20. The lowest BCUT2D eigenvalue weighted by Gasteiger charge is -2.13. The minimum absolute atomic E-state index is 0.0191. The van der Waals surface area contributed by atoms with Gasteiger partial charge in [0.2, 0.25) is 15.9 Å². The normalized spacial score (nSPS) is 13.7. The highest BCUT2D eigenvalue weighted by Crippen LogP contribution is 2.36. The monoisotopic (exact) mass is 411 g/mol. The number of imidazole rings is 1. The molecule has 2 aromatic carbocycles. The molecular weight excluding hydrogens is 388 g/mol. The zero-order valence-electron chi connectivity index (χ0n) is 18.5. The summed E-state index contributed by atoms with van der Waals surface area (Å²) >= 11 is 0. The smallest absolute Gasteiger partial charge is 0.238 e. The molecule has 8 heteroatoms. The fourth-order valence-electron chi connectivity index (χ4n) is 3.33. The molecule has 0 amide bonds. The van der Waals surface area contributed by atoms with Gasteiger partial charge in [0.1, 0.15) is 11.3 Å². The van der Waals surface area contributed by atoms with E-state index in [1.54, 1.807) is 12.1 Å². The van der Waals surface area contributed by atoms with E-state index in [-0.39, 0.29) is 10.8 Å². The Morgan fingerprint density at radius 3 is 2.52 bits per heavy atom. The highest BCUT2D eigenvalue weighted by Gasteiger charge is 2.19. The number of sulfonamides is 1. The first kappa shape index (κ1) is 15.7. The molecule has 0 spiro atoms. The molecule has 2 aromatic heterocycles. The maximum absolute atomic E-state index is 11.5. The molecule has 0 atom stereocenters. The quantitative estimate of drug-likeness (QED) is 0.544. The Bertz CT molecular complexity index is 1380. The van der Waals surface area contributed by atoms with Gasteiger partial charge >= 0.3 is 0 Å². The van der Waals surface area contributed by atoms with E-state index in [9.17, 15) is 8.42 Å². The Hall–Kier alpha value is -3.23. The second kappa shape index (κ2) is 7.31. The number of pyridine rings is 1. The van der Waals surface area contributed by atoms with Gasteiger partial charge in [-0.25, -0.2) is 23.5 Å². The summed E-state index contributed by atoms with van der Waals surface area (Å²) in [6.07, 6.45) is 1.48. The van der Waals surface area contributed by atoms with Gasteiger partial charge in [-0.05, 0) is 30.2 Å². The third-order valence-electron chi connectivity index (χ3n) is 4.69. The number of rotatable bonds is 5. The van der Waals surface area contributed by atoms with Crippen molar-refractivity contribution >= 4 is 21.1 Å². The van der Waals surface area contributed by atoms with Crippen molar-refractivity contribution in [2.24, 2.45) is 5.14 Å². The topological polar surface area (TPSA) is 100 Å². The summed E-state index contributed by atoms with van der Waals surface area (Å²) in [5.41, 5.74) is 3.31. The van der Waals surface area contributed by atoms with Gasteiger partial charge in [-0.1, -0.05) is 42.5 Å². The van der Waals surface area contributed by atoms with Crippen LogP contribution < -0.4 is 9.88 Å². The second-order valence-corrected chi connectivity index (χ2v) is 8.14. The Balaban J connectivity index is 1.90. The van der Waals surface area contributed by atoms with Gasteiger partial charge in [0, 0.05) is 6.54 Å². The lowest BCUT2D eigenvalue weighted by Crippen LogP contribution is -2.12. The van der Waals surface area contributed by atoms with Crippen molar-refractivity contribution in [3.05, 3.63) is 72.2 Å². The van der Waals surface area contributed by atoms with Crippen molar-refractivity contribution in [2.75, 3.05) is 7.04 Å². The third-order valence-corrected chi connectivity index (χ3v) is 5.62. The molecule has 0 unspecified atom stereocenters. The van der Waals surface area contributed by atoms with Gasteiger partial charge in [0.05, 0.1) is 33.3 Å². The van der Waals surface area contributed by atoms with E-state index < -0.39 is 17.1 Å². The van der Waals surface area contributed by atoms with Gasteiger partial charge in [-0.15, -0.1) is 0 Å². The number of aryl methyl sites for hydroxylation is 1. The fourth-order valence-corrected chi connectivity index (χ4v) is 3.84. The van der Waals surface area contributed by atoms with Crippen molar-refractivity contribution < 1.29 is 17.3 Å². The zero-order valence-corrected chi connectivity index (χ0v) is 16.3. The van der Waals surface area contributed by atoms with Crippen LogP contribution in [0.1, 0.15) is 15.5 Å². The molecule has 0 bridgehead atoms. The lowest BCUT2D eigenvalue weighted by molar-refractivity contribution is 0.400. The predicted octanol–water partition coefficient (Wildman–Crippen LogP) is 3.11. The molecule has 0 aliphatic rings. The molecule has 0 radical (unpaired) electrons. The number of methoxy groups -OCH3 is 1. The minimum Gasteiger partial charge on any atom is -0.480 e. The molecule has 29 heavy (non-hydrogen) atoms. The number of fused-ring (bicyclic) bond motifs is 1. The summed E-state index contributed by atoms with van der Waals surface area (Å²) in [6, 6.07) is 15.5. The van der Waals surface area contributed by atoms with Crippen LogP contribution in [0.4, 0.5) is 0 Å². The first-order valence-corrected chi connectivity index (χ1v) is 10.3. The number of aromatic nitrogens is 3. The molecular formula is C21H20N4O3S. The summed E-state index contributed by atoms with van der Waals surface area (Å²) in [5.74, 6) is 0.662. The van der Waals surface area contributed by atoms with E-state index in [2.05, 4.69) is 9.97 Å². The van der Waals surface area contributed by atoms with Crippen LogP contribution in [0.3, 0.4) is 0 Å². The zero-order chi connectivity index (χ0) is 23.1. The van der Waals surface area contributed by atoms with Gasteiger partial charge in [-0.2, -0.15) is 0 Å². The van der Waals surface area contributed by atoms with Crippen LogP contribution in [0.2, 0.25) is 0 Å². The lowest BCUT2D eigenvalue weighted by atomic mass is 10.1. The molecule has 0 saturated heterocycles. The molecule has 148 valence electrons. The molecule has 2 N–H and O–H groups in total. The minimum atomic E-state index is -3.79. The SMILES string of the molecule is [2H]C([2H])([2H])Oc1ncc2nc(C)n(Cc3ccc(S(N)(=O)=O)cc3)c2c1-c1ccccc1. The van der Waals surface area contributed by atoms with Crippen LogP contribution >= 0.6 is 0 Å². The van der Waals surface area contributed by atoms with Crippen LogP contribution in [0, 0.1) is 6.92 Å². The third kappa shape index (κ3) is 3.59. The Kier molecular flexibility index (Phi) is 3.95. The summed E-state index contributed by atoms with van der Waals surface area (Å²) in [4.78, 5) is 8.83. The largest absolute Gasteiger partial charge is 0.480 e. The molecule has 0 aliphatic carbocycles. The molecule has 0 saturated carbocycles. The van der Waals surface area contributed by atoms with Crippen molar-refractivity contribution in [1.82, 2.24) is 14.5 Å². The standard InChI is InChI=1S/C21H20N4O3S/c1-14-24-18-12-23-21(28-2)19(16-6-4-3-5-7-16)20(18)25(14)13-15-8-10-17(11-9-15)29(22,26)27/h3-12H,13H2,1-2H3,(H2,22,26,27)/i2D3. The average Bonchev–Trinajstić information content (AvgIpc) is 3.02. The van der Waals surface area contributed by atoms with Gasteiger partial charge in [0.15, 0.2) is 0 Å². The fraction of sp³-hybridized carbons (Fsp3) is 0.143. The Morgan fingerprint density at radius 2 is 1.86 bits per heavy atom. The Labute approximate surface area is 173 Å². The highest BCUT2D eigenvalue weighted by molar-refractivity contribution is 7.89. The number of hydrogen-bond acceptors (Lipinski definition) is 5. The maximum Gasteiger partial charge on any atom is 0.238 e. The van der Waals surface area contributed by atoms with Crippen molar-refractivity contribution in [3.63, 3.8) is 0 Å². The van der Waals surface area contributed by atoms with Gasteiger partial charge in [-0.3, -0.25) is 0 Å². The molecule has 4 rings (SSSR count). The van der Waals surface area contributed by atoms with Crippen molar-refractivity contribution in [2.45, 2.75) is 18.4 Å². The maximum atomic E-state index is 11.5. The molecule has 7 nitrogen and oxygen atoms in total. The number of ether oxygens (including phenoxy) is 1. The summed E-state index contributed by atoms with van der Waals surface area (Å²) in [5, 5.41) is 5.18. The number of nitrogens with zero attached hydrogens (tertiary/aromatic N) is 3. The van der Waals surface area contributed by atoms with E-state index in [1.165, 1.54) is 18.3 Å². The number of benzene rings is 2. The van der Waals surface area contributed by atoms with E-state index in [0.717, 1.165) is 11.1 Å². The number of nitrogens with two attached hydrogens (primary N) is 1. The van der Waals surface area contributed by atoms with Crippen LogP contribution in [-0.2, 0) is 16.6 Å². The summed E-state index contributed by atoms with van der Waals surface area (Å²) in [7, 11) is -6.46. The Morgan fingerprint density at radius 1 is 1.14 bits per heavy atom. The van der Waals surface area contributed by atoms with Crippen LogP contribution in [0.5, 0.6) is 5.88 Å². The van der Waals surface area contributed by atoms with Crippen molar-refractivity contribution in [1.29, 1.82) is 0 Å².